The van der Waals surface area contributed by atoms with Gasteiger partial charge in [0.15, 0.2) is 0 Å². The van der Waals surface area contributed by atoms with Crippen LogP contribution in [-0.4, -0.2) is 22.4 Å². The van der Waals surface area contributed by atoms with Crippen LogP contribution in [0.5, 0.6) is 0 Å². The number of nitrogens with two attached hydrogens (primary N) is 1. The molecule has 1 nitrogen and oxygen atoms in total. The van der Waals surface area contributed by atoms with Crippen LogP contribution < -0.4 is 5.73 Å². The molecular weight excluding hydrogens is 385 g/mol. The SMILES string of the molecule is C=C[CH](N)[Sn]([CH]1CCCCC1)([CH]1CCCCC1)[CH]1CCCCC1. The number of rotatable bonds is 5. The van der Waals surface area contributed by atoms with Crippen LogP contribution in [0.25, 0.3) is 0 Å². The molecule has 1 unspecified atom stereocenters. The van der Waals surface area contributed by atoms with E-state index in [2.05, 4.69) is 12.7 Å². The van der Waals surface area contributed by atoms with Gasteiger partial charge < -0.3 is 0 Å². The fraction of sp³-hybridized carbons (Fsp3) is 0.905. The monoisotopic (exact) mass is 425 g/mol. The first-order valence-electron chi connectivity index (χ1n) is 10.7. The van der Waals surface area contributed by atoms with Crippen molar-refractivity contribution < 1.29 is 0 Å². The number of hydrogen-bond acceptors (Lipinski definition) is 1. The normalized spacial score (nSPS) is 27.7. The predicted molar refractivity (Wildman–Crippen MR) is 104 cm³/mol. The second kappa shape index (κ2) is 8.74. The van der Waals surface area contributed by atoms with Crippen LogP contribution in [0, 0.1) is 0 Å². The van der Waals surface area contributed by atoms with Gasteiger partial charge in [-0.3, -0.25) is 0 Å². The van der Waals surface area contributed by atoms with Crippen molar-refractivity contribution in [2.75, 3.05) is 0 Å². The van der Waals surface area contributed by atoms with Gasteiger partial charge in [0.05, 0.1) is 0 Å². The van der Waals surface area contributed by atoms with Crippen LogP contribution >= 0.6 is 0 Å². The molecule has 3 rings (SSSR count). The van der Waals surface area contributed by atoms with Crippen molar-refractivity contribution in [3.63, 3.8) is 0 Å². The van der Waals surface area contributed by atoms with Crippen LogP contribution in [-0.2, 0) is 0 Å². The Bertz CT molecular complexity index is 316. The Balaban J connectivity index is 1.96. The van der Waals surface area contributed by atoms with E-state index in [4.69, 9.17) is 5.73 Å². The van der Waals surface area contributed by atoms with Crippen LogP contribution in [0.1, 0.15) is 96.3 Å². The van der Waals surface area contributed by atoms with Gasteiger partial charge in [-0.2, -0.15) is 0 Å². The summed E-state index contributed by atoms with van der Waals surface area (Å²) in [5.74, 6) is 0. The molecule has 3 aliphatic carbocycles. The summed E-state index contributed by atoms with van der Waals surface area (Å²) >= 11 is -2.52. The standard InChI is InChI=1S/3C6H11.C3H6N.Sn/c3*1-2-4-6-5-3-1;1-2-3-4;/h3*1H,2-6H2;2-3H,1,4H2;. The molecule has 3 saturated carbocycles. The zero-order valence-electron chi connectivity index (χ0n) is 15.3. The summed E-state index contributed by atoms with van der Waals surface area (Å²) in [7, 11) is 0. The molecule has 0 amide bonds. The van der Waals surface area contributed by atoms with Crippen LogP contribution in [0.3, 0.4) is 0 Å². The summed E-state index contributed by atoms with van der Waals surface area (Å²) in [5, 5.41) is 0. The third kappa shape index (κ3) is 3.71. The molecule has 3 aliphatic rings. The van der Waals surface area contributed by atoms with Crippen molar-refractivity contribution in [3.8, 4) is 0 Å². The average molecular weight is 424 g/mol. The van der Waals surface area contributed by atoms with Gasteiger partial charge in [0, 0.05) is 0 Å². The molecule has 3 fully saturated rings. The van der Waals surface area contributed by atoms with Crippen molar-refractivity contribution in [2.45, 2.75) is 112 Å². The summed E-state index contributed by atoms with van der Waals surface area (Å²) < 4.78 is 3.67. The molecular formula is C21H39NSn. The van der Waals surface area contributed by atoms with Crippen molar-refractivity contribution in [2.24, 2.45) is 5.73 Å². The minimum absolute atomic E-state index is 0.429. The second-order valence-electron chi connectivity index (χ2n) is 8.77. The first-order chi connectivity index (χ1) is 11.3. The van der Waals surface area contributed by atoms with Crippen molar-refractivity contribution in [3.05, 3.63) is 12.7 Å². The second-order valence-corrected chi connectivity index (χ2v) is 23.4. The molecule has 1 atom stereocenters. The van der Waals surface area contributed by atoms with Crippen LogP contribution in [0.4, 0.5) is 0 Å². The molecule has 2 heteroatoms. The fourth-order valence-corrected chi connectivity index (χ4v) is 30.4. The molecule has 2 N–H and O–H groups in total. The van der Waals surface area contributed by atoms with Gasteiger partial charge in [0.2, 0.25) is 0 Å². The molecule has 0 aromatic rings. The first kappa shape index (κ1) is 18.3. The molecule has 132 valence electrons. The van der Waals surface area contributed by atoms with Gasteiger partial charge in [0.25, 0.3) is 0 Å². The maximum absolute atomic E-state index is 7.02. The van der Waals surface area contributed by atoms with Crippen LogP contribution in [0.15, 0.2) is 12.7 Å². The fourth-order valence-electron chi connectivity index (χ4n) is 6.83. The minimum atomic E-state index is -2.52. The summed E-state index contributed by atoms with van der Waals surface area (Å²) in [6.07, 6.45) is 24.8. The van der Waals surface area contributed by atoms with E-state index >= 15 is 0 Å². The van der Waals surface area contributed by atoms with Gasteiger partial charge in [-0.1, -0.05) is 0 Å². The molecule has 0 radical (unpaired) electrons. The molecule has 0 aliphatic heterocycles. The van der Waals surface area contributed by atoms with Crippen molar-refractivity contribution >= 4 is 18.4 Å². The Morgan fingerprint density at radius 3 is 1.22 bits per heavy atom. The van der Waals surface area contributed by atoms with E-state index in [9.17, 15) is 0 Å². The molecule has 0 heterocycles. The van der Waals surface area contributed by atoms with Crippen molar-refractivity contribution in [1.29, 1.82) is 0 Å². The zero-order chi connectivity index (χ0) is 16.1. The summed E-state index contributed by atoms with van der Waals surface area (Å²) in [4.78, 5) is 0. The van der Waals surface area contributed by atoms with Gasteiger partial charge in [0.1, 0.15) is 0 Å². The van der Waals surface area contributed by atoms with Crippen LogP contribution in [0.2, 0.25) is 11.8 Å². The van der Waals surface area contributed by atoms with Crippen molar-refractivity contribution in [1.82, 2.24) is 0 Å². The summed E-state index contributed by atoms with van der Waals surface area (Å²) in [6.45, 7) is 4.24. The summed E-state index contributed by atoms with van der Waals surface area (Å²) in [5.41, 5.74) is 7.02. The Kier molecular flexibility index (Phi) is 6.95. The van der Waals surface area contributed by atoms with Gasteiger partial charge in [-0.15, -0.1) is 0 Å². The predicted octanol–water partition coefficient (Wildman–Crippen LogP) is 6.49. The molecule has 0 saturated heterocycles. The zero-order valence-corrected chi connectivity index (χ0v) is 18.1. The Labute approximate surface area is 148 Å². The Morgan fingerprint density at radius 2 is 0.957 bits per heavy atom. The Morgan fingerprint density at radius 1 is 0.652 bits per heavy atom. The molecule has 0 aromatic carbocycles. The molecule has 0 aromatic heterocycles. The van der Waals surface area contributed by atoms with E-state index in [0.29, 0.717) is 4.06 Å². The molecule has 0 bridgehead atoms. The van der Waals surface area contributed by atoms with Gasteiger partial charge in [-0.05, 0) is 0 Å². The third-order valence-electron chi connectivity index (χ3n) is 7.77. The van der Waals surface area contributed by atoms with Gasteiger partial charge >= 0.3 is 149 Å². The molecule has 23 heavy (non-hydrogen) atoms. The topological polar surface area (TPSA) is 26.0 Å². The molecule has 0 spiro atoms. The van der Waals surface area contributed by atoms with E-state index in [-0.39, 0.29) is 0 Å². The summed E-state index contributed by atoms with van der Waals surface area (Å²) in [6, 6.07) is 0. The van der Waals surface area contributed by atoms with E-state index < -0.39 is 18.4 Å². The quantitative estimate of drug-likeness (QED) is 0.396. The van der Waals surface area contributed by atoms with E-state index in [1.807, 2.05) is 0 Å². The maximum atomic E-state index is 7.02. The average Bonchev–Trinajstić information content (AvgIpc) is 2.65. The third-order valence-corrected chi connectivity index (χ3v) is 28.8. The number of hydrogen-bond donors (Lipinski definition) is 1. The Hall–Kier alpha value is 0.499. The first-order valence-corrected chi connectivity index (χ1v) is 17.3. The van der Waals surface area contributed by atoms with Gasteiger partial charge in [-0.25, -0.2) is 0 Å². The van der Waals surface area contributed by atoms with E-state index in [1.165, 1.54) is 96.3 Å². The van der Waals surface area contributed by atoms with E-state index in [1.54, 1.807) is 0 Å². The van der Waals surface area contributed by atoms with E-state index in [0.717, 1.165) is 11.8 Å².